The van der Waals surface area contributed by atoms with E-state index in [-0.39, 0.29) is 29.8 Å². The molecule has 0 amide bonds. The second-order valence-corrected chi connectivity index (χ2v) is 8.35. The summed E-state index contributed by atoms with van der Waals surface area (Å²) in [6, 6.07) is 9.14. The van der Waals surface area contributed by atoms with Crippen LogP contribution in [0, 0.1) is 5.41 Å². The number of esters is 1. The van der Waals surface area contributed by atoms with Gasteiger partial charge in [0.25, 0.3) is 0 Å². The van der Waals surface area contributed by atoms with Crippen LogP contribution in [0.1, 0.15) is 50.2 Å². The molecule has 1 aromatic carbocycles. The largest absolute Gasteiger partial charge is 0.458 e. The highest BCUT2D eigenvalue weighted by Gasteiger charge is 2.65. The minimum atomic E-state index is -0.201. The molecule has 2 saturated heterocycles. The molecular weight excluding hydrogens is 328 g/mol. The van der Waals surface area contributed by atoms with E-state index in [1.165, 1.54) is 29.1 Å². The lowest BCUT2D eigenvalue weighted by Crippen LogP contribution is -2.61. The Morgan fingerprint density at radius 1 is 1.38 bits per heavy atom. The summed E-state index contributed by atoms with van der Waals surface area (Å²) < 4.78 is 14.9. The normalized spacial score (nSPS) is 37.2. The molecule has 136 valence electrons. The first-order valence-electron chi connectivity index (χ1n) is 9.82. The molecule has 26 heavy (non-hydrogen) atoms. The summed E-state index contributed by atoms with van der Waals surface area (Å²) in [6.45, 7) is 5.60. The van der Waals surface area contributed by atoms with Gasteiger partial charge >= 0.3 is 5.97 Å². The summed E-state index contributed by atoms with van der Waals surface area (Å²) in [5.74, 6) is -0.201. The number of benzene rings is 1. The molecule has 0 saturated carbocycles. The Kier molecular flexibility index (Phi) is 2.87. The lowest BCUT2D eigenvalue weighted by Gasteiger charge is -2.55. The average Bonchev–Trinajstić information content (AvgIpc) is 3.15. The van der Waals surface area contributed by atoms with Crippen molar-refractivity contribution in [1.29, 1.82) is 0 Å². The Hall–Kier alpha value is -1.85. The highest BCUT2D eigenvalue weighted by Crippen LogP contribution is 2.65. The smallest absolute Gasteiger partial charge is 0.303 e. The van der Waals surface area contributed by atoms with Crippen LogP contribution in [0.25, 0.3) is 10.9 Å². The second kappa shape index (κ2) is 4.90. The van der Waals surface area contributed by atoms with Crippen molar-refractivity contribution in [2.75, 3.05) is 13.1 Å². The Balaban J connectivity index is 1.61. The fourth-order valence-electron chi connectivity index (χ4n) is 6.46. The Bertz CT molecular complexity index is 935. The molecule has 0 unspecified atom stereocenters. The van der Waals surface area contributed by atoms with Crippen LogP contribution in [0.2, 0.25) is 0 Å². The van der Waals surface area contributed by atoms with Crippen molar-refractivity contribution in [2.45, 2.75) is 57.6 Å². The van der Waals surface area contributed by atoms with Crippen LogP contribution in [0.3, 0.4) is 0 Å². The third-order valence-corrected chi connectivity index (χ3v) is 7.32. The molecule has 1 aromatic heterocycles. The summed E-state index contributed by atoms with van der Waals surface area (Å²) in [7, 11) is 0. The predicted octanol–water partition coefficient (Wildman–Crippen LogP) is 3.18. The van der Waals surface area contributed by atoms with Gasteiger partial charge in [0.2, 0.25) is 0 Å². The first-order valence-corrected chi connectivity index (χ1v) is 9.82. The highest BCUT2D eigenvalue weighted by molar-refractivity contribution is 5.86. The van der Waals surface area contributed by atoms with Gasteiger partial charge in [0.05, 0.1) is 11.6 Å². The molecule has 2 fully saturated rings. The molecular formula is C21H24N2O3. The minimum absolute atomic E-state index is 0.00716. The number of carbonyl (C=O) groups excluding carboxylic acids is 1. The van der Waals surface area contributed by atoms with Crippen molar-refractivity contribution in [3.05, 3.63) is 35.5 Å². The van der Waals surface area contributed by atoms with E-state index in [2.05, 4.69) is 40.7 Å². The number of nitrogens with zero attached hydrogens (tertiary/aromatic N) is 2. The first kappa shape index (κ1) is 15.2. The van der Waals surface area contributed by atoms with Crippen LogP contribution in [-0.4, -0.2) is 40.7 Å². The molecule has 2 aromatic rings. The van der Waals surface area contributed by atoms with Gasteiger partial charge in [0.15, 0.2) is 0 Å². The predicted molar refractivity (Wildman–Crippen MR) is 96.8 cm³/mol. The van der Waals surface area contributed by atoms with Gasteiger partial charge in [-0.25, -0.2) is 0 Å². The third-order valence-electron chi connectivity index (χ3n) is 7.32. The zero-order valence-electron chi connectivity index (χ0n) is 15.3. The monoisotopic (exact) mass is 352 g/mol. The fraction of sp³-hybridized carbons (Fsp3) is 0.571. The Morgan fingerprint density at radius 2 is 2.23 bits per heavy atom. The third kappa shape index (κ3) is 1.62. The van der Waals surface area contributed by atoms with Crippen molar-refractivity contribution < 1.29 is 14.3 Å². The second-order valence-electron chi connectivity index (χ2n) is 8.35. The molecule has 4 aliphatic rings. The molecule has 5 nitrogen and oxygen atoms in total. The van der Waals surface area contributed by atoms with Gasteiger partial charge in [0, 0.05) is 42.9 Å². The maximum Gasteiger partial charge on any atom is 0.303 e. The van der Waals surface area contributed by atoms with Gasteiger partial charge in [-0.1, -0.05) is 25.1 Å². The number of para-hydroxylation sites is 1. The number of carbonyl (C=O) groups is 1. The fourth-order valence-corrected chi connectivity index (χ4v) is 6.46. The van der Waals surface area contributed by atoms with E-state index >= 15 is 0 Å². The van der Waals surface area contributed by atoms with Crippen molar-refractivity contribution in [1.82, 2.24) is 9.47 Å². The number of rotatable bonds is 2. The van der Waals surface area contributed by atoms with Crippen molar-refractivity contribution in [2.24, 2.45) is 5.41 Å². The lowest BCUT2D eigenvalue weighted by molar-refractivity contribution is -0.178. The summed E-state index contributed by atoms with van der Waals surface area (Å²) in [6.07, 6.45) is 3.01. The zero-order chi connectivity index (χ0) is 17.6. The van der Waals surface area contributed by atoms with Crippen LogP contribution < -0.4 is 0 Å². The zero-order valence-corrected chi connectivity index (χ0v) is 15.3. The number of hydrogen-bond acceptors (Lipinski definition) is 4. The Labute approximate surface area is 152 Å². The average molecular weight is 352 g/mol. The first-order chi connectivity index (χ1) is 12.6. The SMILES string of the molecule is CC[C@@]12C[C@H]3O[C@@H]1[C@@H](OC(C)=O)CN1CCc4c(n3c3ccccc43)[C@@H]12. The Morgan fingerprint density at radius 3 is 3.04 bits per heavy atom. The summed E-state index contributed by atoms with van der Waals surface area (Å²) >= 11 is 0. The molecule has 0 N–H and O–H groups in total. The van der Waals surface area contributed by atoms with E-state index in [1.54, 1.807) is 0 Å². The molecule has 2 bridgehead atoms. The maximum atomic E-state index is 11.7. The number of ether oxygens (including phenoxy) is 2. The van der Waals surface area contributed by atoms with E-state index in [0.717, 1.165) is 32.4 Å². The molecule has 0 aliphatic carbocycles. The number of aromatic nitrogens is 1. The van der Waals surface area contributed by atoms with Gasteiger partial charge in [-0.2, -0.15) is 0 Å². The van der Waals surface area contributed by atoms with E-state index < -0.39 is 0 Å². The van der Waals surface area contributed by atoms with Crippen molar-refractivity contribution in [3.8, 4) is 0 Å². The topological polar surface area (TPSA) is 43.7 Å². The quantitative estimate of drug-likeness (QED) is 0.779. The van der Waals surface area contributed by atoms with Gasteiger partial charge in [-0.3, -0.25) is 9.69 Å². The van der Waals surface area contributed by atoms with Crippen molar-refractivity contribution in [3.63, 3.8) is 0 Å². The van der Waals surface area contributed by atoms with E-state index in [0.29, 0.717) is 6.04 Å². The molecule has 6 rings (SSSR count). The standard InChI is InChI=1S/C21H24N2O3/c1-3-21-10-17-23-15-7-5-4-6-13(15)14-8-9-22(19(21)18(14)23)11-16(20(21)26-17)25-12(2)24/h4-7,16-17,19-20H,3,8-11H2,1-2H3/t16-,17+,19+,20+,21-/m0/s1. The van der Waals surface area contributed by atoms with Crippen molar-refractivity contribution >= 4 is 16.9 Å². The maximum absolute atomic E-state index is 11.7. The van der Waals surface area contributed by atoms with E-state index in [9.17, 15) is 4.79 Å². The van der Waals surface area contributed by atoms with Gasteiger partial charge in [0.1, 0.15) is 18.4 Å². The van der Waals surface area contributed by atoms with Crippen LogP contribution in [0.5, 0.6) is 0 Å². The molecule has 0 spiro atoms. The van der Waals surface area contributed by atoms with E-state index in [4.69, 9.17) is 9.47 Å². The van der Waals surface area contributed by atoms with Gasteiger partial charge < -0.3 is 14.0 Å². The molecule has 5 heteroatoms. The van der Waals surface area contributed by atoms with Crippen LogP contribution in [0.4, 0.5) is 0 Å². The molecule has 0 radical (unpaired) electrons. The number of piperidine rings is 1. The van der Waals surface area contributed by atoms with E-state index in [1.807, 2.05) is 0 Å². The highest BCUT2D eigenvalue weighted by atomic mass is 16.6. The number of fused-ring (bicyclic) bond motifs is 5. The molecule has 5 heterocycles. The van der Waals surface area contributed by atoms with Gasteiger partial charge in [-0.15, -0.1) is 0 Å². The van der Waals surface area contributed by atoms with Crippen LogP contribution in [-0.2, 0) is 20.7 Å². The molecule has 5 atom stereocenters. The minimum Gasteiger partial charge on any atom is -0.458 e. The number of hydrogen-bond donors (Lipinski definition) is 0. The summed E-state index contributed by atoms with van der Waals surface area (Å²) in [4.78, 5) is 14.3. The van der Waals surface area contributed by atoms with Gasteiger partial charge in [-0.05, 0) is 24.5 Å². The summed E-state index contributed by atoms with van der Waals surface area (Å²) in [5, 5.41) is 1.39. The van der Waals surface area contributed by atoms with Crippen LogP contribution >= 0.6 is 0 Å². The lowest BCUT2D eigenvalue weighted by atomic mass is 9.63. The molecule has 4 aliphatic heterocycles. The van der Waals surface area contributed by atoms with Crippen LogP contribution in [0.15, 0.2) is 24.3 Å². The summed E-state index contributed by atoms with van der Waals surface area (Å²) in [5.41, 5.74) is 4.33.